The van der Waals surface area contributed by atoms with Crippen LogP contribution in [0.2, 0.25) is 0 Å². The molecule has 0 saturated heterocycles. The highest BCUT2D eigenvalue weighted by Gasteiger charge is 2.27. The summed E-state index contributed by atoms with van der Waals surface area (Å²) in [5.41, 5.74) is 2.18. The maximum absolute atomic E-state index is 11.0. The monoisotopic (exact) mass is 298 g/mol. The number of hydrogen-bond acceptors (Lipinski definition) is 8. The number of nitrogens with two attached hydrogens (primary N) is 1. The quantitative estimate of drug-likeness (QED) is 0.427. The molecule has 1 heterocycles. The van der Waals surface area contributed by atoms with Crippen molar-refractivity contribution in [1.82, 2.24) is 9.97 Å². The highest BCUT2D eigenvalue weighted by Crippen LogP contribution is 2.31. The molecule has 2 rings (SSSR count). The average Bonchev–Trinajstić information content (AvgIpc) is 2.47. The van der Waals surface area contributed by atoms with Crippen LogP contribution in [0.15, 0.2) is 6.20 Å². The Kier molecular flexibility index (Phi) is 4.96. The molecule has 20 heavy (non-hydrogen) atoms. The Morgan fingerprint density at radius 3 is 2.90 bits per heavy atom. The molecular formula is C11H18N6O2S. The Morgan fingerprint density at radius 1 is 1.50 bits per heavy atom. The standard InChI is InChI=1S/C11H18N6O2S/c1-20-9-5-3-2-4-7(9)14-10-8(17(18)19)6-13-11(15-10)16-12/h6-7,9H,2-5,12H2,1H3,(H2,13,14,15,16). The SMILES string of the molecule is CSC1CCCCC1Nc1nc(NN)ncc1[N+](=O)[O-]. The van der Waals surface area contributed by atoms with E-state index in [0.29, 0.717) is 5.25 Å². The Labute approximate surface area is 121 Å². The molecule has 0 bridgehead atoms. The molecule has 1 aromatic heterocycles. The Bertz CT molecular complexity index is 486. The topological polar surface area (TPSA) is 119 Å². The fraction of sp³-hybridized carbons (Fsp3) is 0.636. The van der Waals surface area contributed by atoms with Gasteiger partial charge in [-0.05, 0) is 19.1 Å². The van der Waals surface area contributed by atoms with Gasteiger partial charge in [-0.15, -0.1) is 0 Å². The molecule has 9 heteroatoms. The Morgan fingerprint density at radius 2 is 2.25 bits per heavy atom. The minimum atomic E-state index is -0.487. The van der Waals surface area contributed by atoms with Gasteiger partial charge in [0.15, 0.2) is 0 Å². The van der Waals surface area contributed by atoms with E-state index in [1.54, 1.807) is 11.8 Å². The number of thioether (sulfide) groups is 1. The molecule has 0 amide bonds. The lowest BCUT2D eigenvalue weighted by molar-refractivity contribution is -0.384. The number of nitrogens with zero attached hydrogens (tertiary/aromatic N) is 3. The summed E-state index contributed by atoms with van der Waals surface area (Å²) in [6, 6.07) is 0.179. The molecule has 2 unspecified atom stereocenters. The number of nitrogens with one attached hydrogen (secondary N) is 2. The Hall–Kier alpha value is -1.61. The third kappa shape index (κ3) is 3.28. The molecule has 1 aliphatic rings. The van der Waals surface area contributed by atoms with Gasteiger partial charge in [0.05, 0.1) is 4.92 Å². The van der Waals surface area contributed by atoms with Gasteiger partial charge in [0.1, 0.15) is 6.20 Å². The first kappa shape index (κ1) is 14.8. The molecule has 0 aliphatic heterocycles. The molecule has 0 spiro atoms. The summed E-state index contributed by atoms with van der Waals surface area (Å²) in [6.45, 7) is 0. The minimum Gasteiger partial charge on any atom is -0.360 e. The molecule has 0 radical (unpaired) electrons. The van der Waals surface area contributed by atoms with Gasteiger partial charge in [-0.2, -0.15) is 16.7 Å². The molecular weight excluding hydrogens is 280 g/mol. The summed E-state index contributed by atoms with van der Waals surface area (Å²) in [6.07, 6.45) is 7.64. The zero-order chi connectivity index (χ0) is 14.5. The highest BCUT2D eigenvalue weighted by atomic mass is 32.2. The average molecular weight is 298 g/mol. The van der Waals surface area contributed by atoms with Crippen molar-refractivity contribution in [3.8, 4) is 0 Å². The van der Waals surface area contributed by atoms with E-state index in [2.05, 4.69) is 27.0 Å². The van der Waals surface area contributed by atoms with Crippen LogP contribution in [-0.2, 0) is 0 Å². The van der Waals surface area contributed by atoms with Gasteiger partial charge in [-0.25, -0.2) is 10.8 Å². The number of nitro groups is 1. The number of hydrazine groups is 1. The third-order valence-corrected chi connectivity index (χ3v) is 4.59. The van der Waals surface area contributed by atoms with Crippen molar-refractivity contribution in [1.29, 1.82) is 0 Å². The second-order valence-electron chi connectivity index (χ2n) is 4.64. The van der Waals surface area contributed by atoms with Gasteiger partial charge in [0.25, 0.3) is 0 Å². The summed E-state index contributed by atoms with van der Waals surface area (Å²) >= 11 is 1.78. The van der Waals surface area contributed by atoms with Crippen LogP contribution in [0.4, 0.5) is 17.5 Å². The second-order valence-corrected chi connectivity index (χ2v) is 5.72. The molecule has 1 aromatic rings. The second kappa shape index (κ2) is 6.71. The first-order valence-corrected chi connectivity index (χ1v) is 7.72. The summed E-state index contributed by atoms with van der Waals surface area (Å²) in [7, 11) is 0. The van der Waals surface area contributed by atoms with Crippen molar-refractivity contribution in [2.45, 2.75) is 37.0 Å². The minimum absolute atomic E-state index is 0.130. The lowest BCUT2D eigenvalue weighted by Crippen LogP contribution is -2.35. The third-order valence-electron chi connectivity index (χ3n) is 3.42. The van der Waals surface area contributed by atoms with E-state index in [0.717, 1.165) is 19.3 Å². The van der Waals surface area contributed by atoms with Crippen LogP contribution in [0.25, 0.3) is 0 Å². The predicted molar refractivity (Wildman–Crippen MR) is 79.7 cm³/mol. The fourth-order valence-electron chi connectivity index (χ4n) is 2.40. The first-order chi connectivity index (χ1) is 9.65. The maximum atomic E-state index is 11.0. The number of anilines is 2. The smallest absolute Gasteiger partial charge is 0.329 e. The van der Waals surface area contributed by atoms with Gasteiger partial charge in [-0.3, -0.25) is 15.5 Å². The summed E-state index contributed by atoms with van der Waals surface area (Å²) in [4.78, 5) is 18.4. The molecule has 0 aromatic carbocycles. The highest BCUT2D eigenvalue weighted by molar-refractivity contribution is 7.99. The maximum Gasteiger partial charge on any atom is 0.329 e. The lowest BCUT2D eigenvalue weighted by atomic mass is 9.95. The molecule has 110 valence electrons. The molecule has 1 saturated carbocycles. The molecule has 4 N–H and O–H groups in total. The number of aromatic nitrogens is 2. The van der Waals surface area contributed by atoms with Gasteiger partial charge < -0.3 is 5.32 Å². The molecule has 8 nitrogen and oxygen atoms in total. The number of rotatable bonds is 5. The fourth-order valence-corrected chi connectivity index (χ4v) is 3.34. The van der Waals surface area contributed by atoms with Crippen LogP contribution >= 0.6 is 11.8 Å². The van der Waals surface area contributed by atoms with Crippen molar-refractivity contribution in [2.75, 3.05) is 17.0 Å². The van der Waals surface area contributed by atoms with Crippen LogP contribution in [0, 0.1) is 10.1 Å². The van der Waals surface area contributed by atoms with Gasteiger partial charge >= 0.3 is 5.69 Å². The molecule has 2 atom stereocenters. The number of hydrogen-bond donors (Lipinski definition) is 3. The zero-order valence-electron chi connectivity index (χ0n) is 11.2. The van der Waals surface area contributed by atoms with Crippen LogP contribution < -0.4 is 16.6 Å². The van der Waals surface area contributed by atoms with Gasteiger partial charge in [-0.1, -0.05) is 12.8 Å². The normalized spacial score (nSPS) is 22.3. The van der Waals surface area contributed by atoms with E-state index in [-0.39, 0.29) is 23.5 Å². The van der Waals surface area contributed by atoms with E-state index >= 15 is 0 Å². The summed E-state index contributed by atoms with van der Waals surface area (Å²) < 4.78 is 0. The number of nitrogen functional groups attached to an aromatic ring is 1. The van der Waals surface area contributed by atoms with Crippen molar-refractivity contribution in [2.24, 2.45) is 5.84 Å². The zero-order valence-corrected chi connectivity index (χ0v) is 12.0. The van der Waals surface area contributed by atoms with Gasteiger partial charge in [0.2, 0.25) is 11.8 Å². The van der Waals surface area contributed by atoms with Crippen LogP contribution in [0.3, 0.4) is 0 Å². The molecule has 1 fully saturated rings. The Balaban J connectivity index is 2.23. The summed E-state index contributed by atoms with van der Waals surface area (Å²) in [5.74, 6) is 5.64. The van der Waals surface area contributed by atoms with Crippen molar-refractivity contribution >= 4 is 29.2 Å². The van der Waals surface area contributed by atoms with E-state index in [1.165, 1.54) is 12.6 Å². The van der Waals surface area contributed by atoms with E-state index in [4.69, 9.17) is 5.84 Å². The molecule has 1 aliphatic carbocycles. The lowest BCUT2D eigenvalue weighted by Gasteiger charge is -2.31. The largest absolute Gasteiger partial charge is 0.360 e. The van der Waals surface area contributed by atoms with Crippen molar-refractivity contribution in [3.63, 3.8) is 0 Å². The van der Waals surface area contributed by atoms with E-state index < -0.39 is 4.92 Å². The van der Waals surface area contributed by atoms with Crippen molar-refractivity contribution in [3.05, 3.63) is 16.3 Å². The first-order valence-electron chi connectivity index (χ1n) is 6.43. The van der Waals surface area contributed by atoms with E-state index in [9.17, 15) is 10.1 Å². The van der Waals surface area contributed by atoms with Crippen LogP contribution in [0.5, 0.6) is 0 Å². The van der Waals surface area contributed by atoms with E-state index in [1.807, 2.05) is 0 Å². The van der Waals surface area contributed by atoms with Crippen LogP contribution in [-0.4, -0.2) is 32.4 Å². The predicted octanol–water partition coefficient (Wildman–Crippen LogP) is 1.76. The van der Waals surface area contributed by atoms with Gasteiger partial charge in [0, 0.05) is 11.3 Å². The summed E-state index contributed by atoms with van der Waals surface area (Å²) in [5, 5.41) is 14.7. The van der Waals surface area contributed by atoms with Crippen LogP contribution in [0.1, 0.15) is 25.7 Å². The van der Waals surface area contributed by atoms with Crippen molar-refractivity contribution < 1.29 is 4.92 Å².